The SMILES string of the molecule is O=C(O)C[C@@H](NC(=O)Cn1ccnc1-c1ccccc1)c1ccc(F)cc1. The molecule has 1 atom stereocenters. The van der Waals surface area contributed by atoms with Gasteiger partial charge in [0.15, 0.2) is 0 Å². The van der Waals surface area contributed by atoms with Crippen LogP contribution in [0.1, 0.15) is 18.0 Å². The molecule has 0 radical (unpaired) electrons. The fraction of sp³-hybridized carbons (Fsp3) is 0.150. The Balaban J connectivity index is 1.74. The first-order valence-electron chi connectivity index (χ1n) is 8.36. The molecule has 1 heterocycles. The molecule has 0 saturated carbocycles. The molecule has 0 unspecified atom stereocenters. The summed E-state index contributed by atoms with van der Waals surface area (Å²) >= 11 is 0. The molecule has 0 aliphatic heterocycles. The molecule has 2 N–H and O–H groups in total. The highest BCUT2D eigenvalue weighted by Gasteiger charge is 2.19. The monoisotopic (exact) mass is 367 g/mol. The van der Waals surface area contributed by atoms with E-state index in [0.29, 0.717) is 11.4 Å². The van der Waals surface area contributed by atoms with E-state index in [4.69, 9.17) is 5.11 Å². The second kappa shape index (κ2) is 8.27. The van der Waals surface area contributed by atoms with Gasteiger partial charge in [-0.25, -0.2) is 9.37 Å². The molecule has 0 spiro atoms. The summed E-state index contributed by atoms with van der Waals surface area (Å²) in [5, 5.41) is 11.8. The van der Waals surface area contributed by atoms with Crippen LogP contribution in [-0.2, 0) is 16.1 Å². The molecule has 1 aromatic heterocycles. The Labute approximate surface area is 155 Å². The van der Waals surface area contributed by atoms with E-state index in [1.54, 1.807) is 17.0 Å². The largest absolute Gasteiger partial charge is 0.481 e. The average Bonchev–Trinajstić information content (AvgIpc) is 3.10. The zero-order valence-corrected chi connectivity index (χ0v) is 14.4. The molecule has 0 bridgehead atoms. The minimum absolute atomic E-state index is 0.0124. The van der Waals surface area contributed by atoms with Gasteiger partial charge in [0.2, 0.25) is 5.91 Å². The number of hydrogen-bond donors (Lipinski definition) is 2. The van der Waals surface area contributed by atoms with Gasteiger partial charge in [0, 0.05) is 18.0 Å². The van der Waals surface area contributed by atoms with Crippen molar-refractivity contribution in [2.75, 3.05) is 0 Å². The summed E-state index contributed by atoms with van der Waals surface area (Å²) in [6.07, 6.45) is 2.99. The van der Waals surface area contributed by atoms with E-state index in [9.17, 15) is 14.0 Å². The number of hydrogen-bond acceptors (Lipinski definition) is 3. The van der Waals surface area contributed by atoms with Gasteiger partial charge in [-0.05, 0) is 17.7 Å². The van der Waals surface area contributed by atoms with Crippen LogP contribution in [0.25, 0.3) is 11.4 Å². The summed E-state index contributed by atoms with van der Waals surface area (Å²) in [5.74, 6) is -1.20. The van der Waals surface area contributed by atoms with Gasteiger partial charge in [-0.1, -0.05) is 42.5 Å². The van der Waals surface area contributed by atoms with Crippen molar-refractivity contribution in [2.24, 2.45) is 0 Å². The first-order valence-corrected chi connectivity index (χ1v) is 8.36. The third-order valence-electron chi connectivity index (χ3n) is 4.05. The predicted octanol–water partition coefficient (Wildman–Crippen LogP) is 3.02. The van der Waals surface area contributed by atoms with Crippen LogP contribution >= 0.6 is 0 Å². The van der Waals surface area contributed by atoms with Gasteiger partial charge in [0.25, 0.3) is 0 Å². The maximum absolute atomic E-state index is 13.1. The number of carbonyl (C=O) groups is 2. The first kappa shape index (κ1) is 18.3. The lowest BCUT2D eigenvalue weighted by Gasteiger charge is -2.18. The van der Waals surface area contributed by atoms with Crippen LogP contribution < -0.4 is 5.32 Å². The molecule has 0 aliphatic rings. The van der Waals surface area contributed by atoms with E-state index in [2.05, 4.69) is 10.3 Å². The number of carboxylic acid groups (broad SMARTS) is 1. The summed E-state index contributed by atoms with van der Waals surface area (Å²) < 4.78 is 14.8. The van der Waals surface area contributed by atoms with Crippen LogP contribution in [0.5, 0.6) is 0 Å². The predicted molar refractivity (Wildman–Crippen MR) is 97.2 cm³/mol. The number of benzene rings is 2. The van der Waals surface area contributed by atoms with Gasteiger partial charge in [0.05, 0.1) is 12.5 Å². The number of aromatic nitrogens is 2. The number of carbonyl (C=O) groups excluding carboxylic acids is 1. The van der Waals surface area contributed by atoms with E-state index in [-0.39, 0.29) is 18.9 Å². The van der Waals surface area contributed by atoms with Crippen molar-refractivity contribution in [2.45, 2.75) is 19.0 Å². The van der Waals surface area contributed by atoms with Crippen LogP contribution in [0.4, 0.5) is 4.39 Å². The van der Waals surface area contributed by atoms with Crippen LogP contribution in [0.2, 0.25) is 0 Å². The number of carboxylic acids is 1. The Morgan fingerprint density at radius 3 is 2.48 bits per heavy atom. The Kier molecular flexibility index (Phi) is 5.61. The summed E-state index contributed by atoms with van der Waals surface area (Å²) in [5.41, 5.74) is 1.40. The highest BCUT2D eigenvalue weighted by atomic mass is 19.1. The summed E-state index contributed by atoms with van der Waals surface area (Å²) in [6.45, 7) is -0.0124. The third-order valence-corrected chi connectivity index (χ3v) is 4.05. The van der Waals surface area contributed by atoms with Crippen molar-refractivity contribution in [3.8, 4) is 11.4 Å². The molecule has 0 saturated heterocycles. The molecular formula is C20H18FN3O3. The molecule has 138 valence electrons. The van der Waals surface area contributed by atoms with Crippen molar-refractivity contribution in [1.29, 1.82) is 0 Å². The fourth-order valence-electron chi connectivity index (χ4n) is 2.80. The minimum atomic E-state index is -1.06. The molecule has 0 aliphatic carbocycles. The maximum atomic E-state index is 13.1. The van der Waals surface area contributed by atoms with Crippen molar-refractivity contribution in [3.63, 3.8) is 0 Å². The number of rotatable bonds is 7. The van der Waals surface area contributed by atoms with Gasteiger partial charge < -0.3 is 15.0 Å². The van der Waals surface area contributed by atoms with Crippen LogP contribution in [0.15, 0.2) is 67.0 Å². The van der Waals surface area contributed by atoms with Crippen LogP contribution in [0.3, 0.4) is 0 Å². The molecule has 0 fully saturated rings. The zero-order valence-electron chi connectivity index (χ0n) is 14.4. The second-order valence-electron chi connectivity index (χ2n) is 6.01. The molecule has 7 heteroatoms. The van der Waals surface area contributed by atoms with E-state index in [0.717, 1.165) is 5.56 Å². The summed E-state index contributed by atoms with van der Waals surface area (Å²) in [4.78, 5) is 27.9. The Morgan fingerprint density at radius 1 is 1.11 bits per heavy atom. The average molecular weight is 367 g/mol. The Morgan fingerprint density at radius 2 is 1.81 bits per heavy atom. The lowest BCUT2D eigenvalue weighted by molar-refractivity contribution is -0.137. The molecular weight excluding hydrogens is 349 g/mol. The standard InChI is InChI=1S/C20H18FN3O3/c21-16-8-6-14(7-9-16)17(12-19(26)27)23-18(25)13-24-11-10-22-20(24)15-4-2-1-3-5-15/h1-11,17H,12-13H2,(H,23,25)(H,26,27)/t17-/m1/s1. The molecule has 6 nitrogen and oxygen atoms in total. The Bertz CT molecular complexity index is 923. The van der Waals surface area contributed by atoms with Gasteiger partial charge in [-0.15, -0.1) is 0 Å². The number of nitrogens with zero attached hydrogens (tertiary/aromatic N) is 2. The van der Waals surface area contributed by atoms with E-state index in [1.807, 2.05) is 30.3 Å². The van der Waals surface area contributed by atoms with Crippen LogP contribution in [0, 0.1) is 5.82 Å². The van der Waals surface area contributed by atoms with Gasteiger partial charge in [-0.3, -0.25) is 9.59 Å². The molecule has 3 rings (SSSR count). The number of aliphatic carboxylic acids is 1. The lowest BCUT2D eigenvalue weighted by Crippen LogP contribution is -2.33. The molecule has 1 amide bonds. The topological polar surface area (TPSA) is 84.2 Å². The number of imidazole rings is 1. The number of amides is 1. The van der Waals surface area contributed by atoms with E-state index < -0.39 is 17.8 Å². The molecule has 3 aromatic rings. The van der Waals surface area contributed by atoms with Crippen molar-refractivity contribution in [3.05, 3.63) is 78.4 Å². The summed E-state index contributed by atoms with van der Waals surface area (Å²) in [7, 11) is 0. The molecule has 2 aromatic carbocycles. The van der Waals surface area contributed by atoms with Crippen molar-refractivity contribution in [1.82, 2.24) is 14.9 Å². The smallest absolute Gasteiger partial charge is 0.305 e. The second-order valence-corrected chi connectivity index (χ2v) is 6.01. The first-order chi connectivity index (χ1) is 13.0. The van der Waals surface area contributed by atoms with Crippen LogP contribution in [-0.4, -0.2) is 26.5 Å². The fourth-order valence-corrected chi connectivity index (χ4v) is 2.80. The van der Waals surface area contributed by atoms with Crippen molar-refractivity contribution < 1.29 is 19.1 Å². The maximum Gasteiger partial charge on any atom is 0.305 e. The number of halogens is 1. The number of nitrogens with one attached hydrogen (secondary N) is 1. The minimum Gasteiger partial charge on any atom is -0.481 e. The molecule has 27 heavy (non-hydrogen) atoms. The highest BCUT2D eigenvalue weighted by molar-refractivity contribution is 5.78. The van der Waals surface area contributed by atoms with E-state index >= 15 is 0 Å². The van der Waals surface area contributed by atoms with Gasteiger partial charge in [0.1, 0.15) is 18.2 Å². The zero-order chi connectivity index (χ0) is 19.2. The quantitative estimate of drug-likeness (QED) is 0.672. The van der Waals surface area contributed by atoms with Gasteiger partial charge >= 0.3 is 5.97 Å². The lowest BCUT2D eigenvalue weighted by atomic mass is 10.0. The summed E-state index contributed by atoms with van der Waals surface area (Å²) in [6, 6.07) is 14.1. The normalized spacial score (nSPS) is 11.7. The third kappa shape index (κ3) is 4.78. The Hall–Kier alpha value is -3.48. The van der Waals surface area contributed by atoms with E-state index in [1.165, 1.54) is 24.3 Å². The van der Waals surface area contributed by atoms with Crippen molar-refractivity contribution >= 4 is 11.9 Å². The highest BCUT2D eigenvalue weighted by Crippen LogP contribution is 2.19. The van der Waals surface area contributed by atoms with Gasteiger partial charge in [-0.2, -0.15) is 0 Å².